The largest absolute Gasteiger partial charge is 3.00 e. The monoisotopic (exact) mass is 126 g/mol. The van der Waals surface area contributed by atoms with Gasteiger partial charge in [-0.25, -0.2) is 4.57 Å². The molecule has 0 amide bonds. The SMILES string of the molecule is O=P(O)(O)O.[Al+3].[H+]. The van der Waals surface area contributed by atoms with Crippen molar-refractivity contribution in [2.45, 2.75) is 0 Å². The summed E-state index contributed by atoms with van der Waals surface area (Å²) in [7, 11) is -4.64. The van der Waals surface area contributed by atoms with Crippen LogP contribution in [0, 0.1) is 0 Å². The minimum atomic E-state index is -4.64. The van der Waals surface area contributed by atoms with Crippen LogP contribution >= 0.6 is 7.82 Å². The van der Waals surface area contributed by atoms with E-state index >= 15 is 0 Å². The van der Waals surface area contributed by atoms with E-state index in [1.807, 2.05) is 0 Å². The minimum Gasteiger partial charge on any atom is -0.303 e. The van der Waals surface area contributed by atoms with Crippen molar-refractivity contribution in [3.05, 3.63) is 0 Å². The molecule has 3 N–H and O–H groups in total. The predicted molar refractivity (Wildman–Crippen MR) is 21.1 cm³/mol. The third kappa shape index (κ3) is 149. The number of phosphoric acid groups is 1. The van der Waals surface area contributed by atoms with E-state index in [1.54, 1.807) is 0 Å². The molecule has 0 aliphatic heterocycles. The smallest absolute Gasteiger partial charge is 0.303 e. The van der Waals surface area contributed by atoms with Crippen LogP contribution in [0.2, 0.25) is 0 Å². The average molecular weight is 126 g/mol. The van der Waals surface area contributed by atoms with Crippen LogP contribution < -0.4 is 0 Å². The summed E-state index contributed by atoms with van der Waals surface area (Å²) in [5.41, 5.74) is 0. The van der Waals surface area contributed by atoms with Crippen LogP contribution in [0.1, 0.15) is 1.43 Å². The Kier molecular flexibility index (Phi) is 4.51. The molecule has 0 atom stereocenters. The summed E-state index contributed by atoms with van der Waals surface area (Å²) in [4.78, 5) is 21.6. The van der Waals surface area contributed by atoms with E-state index in [4.69, 9.17) is 19.2 Å². The fourth-order valence-electron chi connectivity index (χ4n) is 0. The van der Waals surface area contributed by atoms with Crippen LogP contribution in [0.15, 0.2) is 0 Å². The maximum atomic E-state index is 8.88. The second-order valence-corrected chi connectivity index (χ2v) is 1.54. The molecule has 4 nitrogen and oxygen atoms in total. The van der Waals surface area contributed by atoms with E-state index in [0.29, 0.717) is 0 Å². The average Bonchev–Trinajstić information content (AvgIpc) is 0.722. The van der Waals surface area contributed by atoms with Gasteiger partial charge in [-0.2, -0.15) is 0 Å². The molecule has 0 saturated heterocycles. The molecule has 0 aliphatic carbocycles. The molecule has 0 unspecified atom stereocenters. The van der Waals surface area contributed by atoms with Gasteiger partial charge in [-0.3, -0.25) is 0 Å². The number of rotatable bonds is 0. The summed E-state index contributed by atoms with van der Waals surface area (Å²) in [6, 6.07) is 0. The molecule has 0 radical (unpaired) electrons. The zero-order valence-corrected chi connectivity index (χ0v) is 4.82. The maximum absolute atomic E-state index is 8.88. The van der Waals surface area contributed by atoms with Gasteiger partial charge in [-0.1, -0.05) is 0 Å². The molecule has 0 aromatic carbocycles. The Hall–Kier alpha value is 0.642. The first-order chi connectivity index (χ1) is 2.00. The molecule has 0 rings (SSSR count). The summed E-state index contributed by atoms with van der Waals surface area (Å²) >= 11 is 0. The molecular formula is H4AlO4P+4. The maximum Gasteiger partial charge on any atom is 3.00 e. The third-order valence-electron chi connectivity index (χ3n) is 0. The van der Waals surface area contributed by atoms with E-state index in [-0.39, 0.29) is 18.8 Å². The Bertz CT molecular complexity index is 57.8. The van der Waals surface area contributed by atoms with Gasteiger partial charge in [0.1, 0.15) is 0 Å². The van der Waals surface area contributed by atoms with E-state index < -0.39 is 7.82 Å². The summed E-state index contributed by atoms with van der Waals surface area (Å²) < 4.78 is 8.88. The standard InChI is InChI=1S/Al.H3O4P/c;1-5(2,3)4/h;(H3,1,2,3,4)/q+3;/p+1. The van der Waals surface area contributed by atoms with Crippen molar-refractivity contribution < 1.29 is 20.7 Å². The number of hydrogen-bond donors (Lipinski definition) is 3. The molecule has 6 heteroatoms. The molecule has 0 aromatic rings. The van der Waals surface area contributed by atoms with Crippen molar-refractivity contribution in [1.82, 2.24) is 0 Å². The summed E-state index contributed by atoms with van der Waals surface area (Å²) in [6.45, 7) is 0. The number of hydrogen-bond acceptors (Lipinski definition) is 1. The Morgan fingerprint density at radius 3 is 1.33 bits per heavy atom. The van der Waals surface area contributed by atoms with Gasteiger partial charge in [0, 0.05) is 0 Å². The van der Waals surface area contributed by atoms with Crippen molar-refractivity contribution in [3.63, 3.8) is 0 Å². The first kappa shape index (κ1) is 9.81. The zero-order chi connectivity index (χ0) is 4.50. The van der Waals surface area contributed by atoms with Crippen LogP contribution in [0.4, 0.5) is 0 Å². The third-order valence-corrected chi connectivity index (χ3v) is 0. The fourth-order valence-corrected chi connectivity index (χ4v) is 0. The second-order valence-electron chi connectivity index (χ2n) is 0.513. The Morgan fingerprint density at radius 2 is 1.33 bits per heavy atom. The van der Waals surface area contributed by atoms with E-state index in [0.717, 1.165) is 0 Å². The van der Waals surface area contributed by atoms with Crippen molar-refractivity contribution in [2.75, 3.05) is 0 Å². The Labute approximate surface area is 46.7 Å². The van der Waals surface area contributed by atoms with Crippen molar-refractivity contribution >= 4 is 25.2 Å². The van der Waals surface area contributed by atoms with E-state index in [9.17, 15) is 0 Å². The van der Waals surface area contributed by atoms with Gasteiger partial charge in [0.15, 0.2) is 0 Å². The van der Waals surface area contributed by atoms with Gasteiger partial charge in [0.25, 0.3) is 0 Å². The zero-order valence-electron chi connectivity index (χ0n) is 3.77. The predicted octanol–water partition coefficient (Wildman–Crippen LogP) is -1.20. The summed E-state index contributed by atoms with van der Waals surface area (Å²) in [6.07, 6.45) is 0. The molecule has 0 aliphatic rings. The Balaban J connectivity index is -0.0000000800. The Morgan fingerprint density at radius 1 is 1.33 bits per heavy atom. The van der Waals surface area contributed by atoms with Gasteiger partial charge in [-0.15, -0.1) is 0 Å². The van der Waals surface area contributed by atoms with Gasteiger partial charge < -0.3 is 14.7 Å². The van der Waals surface area contributed by atoms with Crippen molar-refractivity contribution in [1.29, 1.82) is 0 Å². The second kappa shape index (κ2) is 2.76. The van der Waals surface area contributed by atoms with Crippen LogP contribution in [0.5, 0.6) is 0 Å². The van der Waals surface area contributed by atoms with Crippen molar-refractivity contribution in [2.24, 2.45) is 0 Å². The molecule has 0 aromatic heterocycles. The molecule has 32 valence electrons. The van der Waals surface area contributed by atoms with E-state index in [2.05, 4.69) is 0 Å². The molecular weight excluding hydrogens is 122 g/mol. The molecule has 0 bridgehead atoms. The van der Waals surface area contributed by atoms with Crippen molar-refractivity contribution in [3.8, 4) is 0 Å². The van der Waals surface area contributed by atoms with Crippen LogP contribution in [0.25, 0.3) is 0 Å². The molecule has 0 spiro atoms. The minimum absolute atomic E-state index is 0. The van der Waals surface area contributed by atoms with Crippen LogP contribution in [-0.4, -0.2) is 32.0 Å². The summed E-state index contributed by atoms with van der Waals surface area (Å²) in [5, 5.41) is 0. The van der Waals surface area contributed by atoms with Gasteiger partial charge in [0.2, 0.25) is 0 Å². The molecule has 0 heterocycles. The van der Waals surface area contributed by atoms with Gasteiger partial charge in [0.05, 0.1) is 0 Å². The fraction of sp³-hybridized carbons (Fsp3) is 0. The molecule has 0 saturated carbocycles. The first-order valence-electron chi connectivity index (χ1n) is 0.783. The van der Waals surface area contributed by atoms with Gasteiger partial charge >= 0.3 is 26.6 Å². The molecule has 6 heavy (non-hydrogen) atoms. The normalized spacial score (nSPS) is 9.83. The van der Waals surface area contributed by atoms with E-state index in [1.165, 1.54) is 0 Å². The van der Waals surface area contributed by atoms with Crippen LogP contribution in [0.3, 0.4) is 0 Å². The van der Waals surface area contributed by atoms with Gasteiger partial charge in [-0.05, 0) is 0 Å². The van der Waals surface area contributed by atoms with Crippen LogP contribution in [-0.2, 0) is 4.57 Å². The molecule has 0 fully saturated rings. The summed E-state index contributed by atoms with van der Waals surface area (Å²) in [5.74, 6) is 0. The quantitative estimate of drug-likeness (QED) is 0.281. The first-order valence-corrected chi connectivity index (χ1v) is 2.35. The topological polar surface area (TPSA) is 77.8 Å².